The van der Waals surface area contributed by atoms with Crippen molar-refractivity contribution in [3.8, 4) is 11.5 Å². The predicted octanol–water partition coefficient (Wildman–Crippen LogP) is 6.60. The van der Waals surface area contributed by atoms with Crippen molar-refractivity contribution >= 4 is 61.3 Å². The Bertz CT molecular complexity index is 1000. The highest BCUT2D eigenvalue weighted by Crippen LogP contribution is 2.49. The normalized spacial score (nSPS) is 12.1. The van der Waals surface area contributed by atoms with Crippen LogP contribution in [0.15, 0.2) is 33.2 Å². The third kappa shape index (κ3) is 4.52. The van der Waals surface area contributed by atoms with E-state index in [-0.39, 0.29) is 6.16 Å². The van der Waals surface area contributed by atoms with Crippen LogP contribution in [0.3, 0.4) is 0 Å². The van der Waals surface area contributed by atoms with Crippen LogP contribution in [0.2, 0.25) is 0 Å². The maximum Gasteiger partial charge on any atom is 0.332 e. The summed E-state index contributed by atoms with van der Waals surface area (Å²) in [6, 6.07) is 8.03. The monoisotopic (exact) mass is 547 g/mol. The summed E-state index contributed by atoms with van der Waals surface area (Å²) < 4.78 is 38.8. The molecule has 0 amide bonds. The van der Waals surface area contributed by atoms with Gasteiger partial charge >= 0.3 is 7.60 Å². The fourth-order valence-corrected chi connectivity index (χ4v) is 6.00. The molecule has 0 atom stereocenters. The van der Waals surface area contributed by atoms with E-state index in [2.05, 4.69) is 36.4 Å². The zero-order chi connectivity index (χ0) is 21.2. The summed E-state index contributed by atoms with van der Waals surface area (Å²) in [5, 5.41) is 2.11. The molecule has 2 aromatic carbocycles. The van der Waals surface area contributed by atoms with Crippen molar-refractivity contribution in [1.29, 1.82) is 0 Å². The number of nitrogens with zero attached hydrogens (tertiary/aromatic N) is 1. The number of benzene rings is 2. The van der Waals surface area contributed by atoms with E-state index >= 15 is 0 Å². The Morgan fingerprint density at radius 1 is 0.862 bits per heavy atom. The number of hydrogen-bond acceptors (Lipinski definition) is 5. The number of hydrogen-bond donors (Lipinski definition) is 0. The average Bonchev–Trinajstić information content (AvgIpc) is 2.97. The predicted molar refractivity (Wildman–Crippen MR) is 124 cm³/mol. The summed E-state index contributed by atoms with van der Waals surface area (Å²) in [4.78, 5) is 0. The molecule has 9 heteroatoms. The largest absolute Gasteiger partial charge is 0.495 e. The van der Waals surface area contributed by atoms with E-state index < -0.39 is 7.60 Å². The van der Waals surface area contributed by atoms with Crippen LogP contribution in [-0.2, 0) is 20.2 Å². The van der Waals surface area contributed by atoms with Gasteiger partial charge in [-0.3, -0.25) is 4.57 Å². The topological polar surface area (TPSA) is 58.9 Å². The molecule has 0 aliphatic heterocycles. The van der Waals surface area contributed by atoms with Crippen LogP contribution in [0.5, 0.6) is 11.5 Å². The van der Waals surface area contributed by atoms with Gasteiger partial charge in [-0.1, -0.05) is 0 Å². The number of methoxy groups -OCH3 is 2. The first-order valence-corrected chi connectivity index (χ1v) is 12.6. The lowest BCUT2D eigenvalue weighted by atomic mass is 10.1. The molecular weight excluding hydrogens is 525 g/mol. The first-order valence-electron chi connectivity index (χ1n) is 9.28. The maximum atomic E-state index is 13.0. The fraction of sp³-hybridized carbons (Fsp3) is 0.400. The zero-order valence-corrected chi connectivity index (χ0v) is 20.9. The summed E-state index contributed by atoms with van der Waals surface area (Å²) in [6.07, 6.45) is 0.268. The Morgan fingerprint density at radius 3 is 1.69 bits per heavy atom. The Kier molecular flexibility index (Phi) is 7.33. The van der Waals surface area contributed by atoms with Crippen LogP contribution in [0.4, 0.5) is 0 Å². The highest BCUT2D eigenvalue weighted by atomic mass is 79.9. The minimum absolute atomic E-state index is 0.268. The van der Waals surface area contributed by atoms with Gasteiger partial charge in [-0.2, -0.15) is 0 Å². The van der Waals surface area contributed by atoms with Crippen LogP contribution < -0.4 is 9.47 Å². The third-order valence-corrected chi connectivity index (χ3v) is 7.95. The highest BCUT2D eigenvalue weighted by Gasteiger charge is 2.25. The molecule has 3 aromatic rings. The molecule has 0 fully saturated rings. The van der Waals surface area contributed by atoms with E-state index in [1.54, 1.807) is 14.2 Å². The van der Waals surface area contributed by atoms with Gasteiger partial charge in [0.05, 0.1) is 53.6 Å². The second-order valence-electron chi connectivity index (χ2n) is 6.33. The average molecular weight is 549 g/mol. The summed E-state index contributed by atoms with van der Waals surface area (Å²) in [5.41, 5.74) is 1.94. The van der Waals surface area contributed by atoms with E-state index in [0.29, 0.717) is 19.8 Å². The van der Waals surface area contributed by atoms with Crippen LogP contribution in [0.1, 0.15) is 13.8 Å². The number of rotatable bonds is 9. The smallest absolute Gasteiger partial charge is 0.332 e. The molecule has 0 radical (unpaired) electrons. The van der Waals surface area contributed by atoms with E-state index in [1.165, 1.54) is 0 Å². The summed E-state index contributed by atoms with van der Waals surface area (Å²) >= 11 is 7.15. The van der Waals surface area contributed by atoms with Crippen molar-refractivity contribution in [3.05, 3.63) is 33.2 Å². The molecule has 0 spiro atoms. The van der Waals surface area contributed by atoms with E-state index in [4.69, 9.17) is 18.5 Å². The van der Waals surface area contributed by atoms with Gasteiger partial charge in [-0.15, -0.1) is 0 Å². The van der Waals surface area contributed by atoms with Gasteiger partial charge in [0.2, 0.25) is 0 Å². The molecule has 0 saturated heterocycles. The molecule has 1 heterocycles. The molecule has 29 heavy (non-hydrogen) atoms. The number of ether oxygens (including phenoxy) is 2. The van der Waals surface area contributed by atoms with Crippen molar-refractivity contribution in [2.45, 2.75) is 20.4 Å². The van der Waals surface area contributed by atoms with Crippen LogP contribution in [0.25, 0.3) is 21.8 Å². The van der Waals surface area contributed by atoms with E-state index in [0.717, 1.165) is 42.3 Å². The number of aryl methyl sites for hydroxylation is 1. The van der Waals surface area contributed by atoms with E-state index in [9.17, 15) is 4.57 Å². The van der Waals surface area contributed by atoms with Crippen molar-refractivity contribution in [2.75, 3.05) is 33.6 Å². The Hall–Kier alpha value is -1.05. The maximum absolute atomic E-state index is 13.0. The Balaban J connectivity index is 2.20. The van der Waals surface area contributed by atoms with Gasteiger partial charge in [0.25, 0.3) is 0 Å². The van der Waals surface area contributed by atoms with Crippen molar-refractivity contribution in [3.63, 3.8) is 0 Å². The molecule has 0 unspecified atom stereocenters. The van der Waals surface area contributed by atoms with Gasteiger partial charge in [0.1, 0.15) is 11.5 Å². The lowest BCUT2D eigenvalue weighted by molar-refractivity contribution is 0.219. The van der Waals surface area contributed by atoms with Crippen molar-refractivity contribution < 1.29 is 23.1 Å². The fourth-order valence-electron chi connectivity index (χ4n) is 3.43. The third-order valence-electron chi connectivity index (χ3n) is 4.66. The molecule has 158 valence electrons. The standard InChI is InChI=1S/C20H24Br2NO5P/c1-5-27-29(24,28-6-2)8-7-23-17-11-19(25-3)15(21)9-13(17)14-10-16(22)20(26-4)12-18(14)23/h9-12H,5-8H2,1-4H3. The molecule has 0 saturated carbocycles. The molecule has 1 aromatic heterocycles. The first kappa shape index (κ1) is 22.6. The zero-order valence-electron chi connectivity index (χ0n) is 16.8. The molecular formula is C20H24Br2NO5P. The second kappa shape index (κ2) is 9.40. The lowest BCUT2D eigenvalue weighted by Crippen LogP contribution is -2.07. The SMILES string of the molecule is CCOP(=O)(CCn1c2cc(OC)c(Br)cc2c2cc(Br)c(OC)cc21)OCC. The number of aromatic nitrogens is 1. The Morgan fingerprint density at radius 2 is 1.31 bits per heavy atom. The van der Waals surface area contributed by atoms with Gasteiger partial charge in [0.15, 0.2) is 0 Å². The van der Waals surface area contributed by atoms with E-state index in [1.807, 2.05) is 38.1 Å². The molecule has 0 aliphatic rings. The molecule has 0 N–H and O–H groups in total. The van der Waals surface area contributed by atoms with Crippen molar-refractivity contribution in [1.82, 2.24) is 4.57 Å². The number of halogens is 2. The van der Waals surface area contributed by atoms with Crippen LogP contribution in [-0.4, -0.2) is 38.2 Å². The molecule has 6 nitrogen and oxygen atoms in total. The first-order chi connectivity index (χ1) is 13.9. The van der Waals surface area contributed by atoms with Crippen molar-refractivity contribution in [2.24, 2.45) is 0 Å². The highest BCUT2D eigenvalue weighted by molar-refractivity contribution is 9.11. The van der Waals surface area contributed by atoms with Crippen LogP contribution >= 0.6 is 39.5 Å². The van der Waals surface area contributed by atoms with Gasteiger partial charge in [-0.05, 0) is 57.8 Å². The molecule has 3 rings (SSSR count). The number of fused-ring (bicyclic) bond motifs is 3. The van der Waals surface area contributed by atoms with Gasteiger partial charge < -0.3 is 23.1 Å². The minimum atomic E-state index is -3.17. The summed E-state index contributed by atoms with van der Waals surface area (Å²) in [6.45, 7) is 4.78. The van der Waals surface area contributed by atoms with Gasteiger partial charge in [0, 0.05) is 29.4 Å². The molecule has 0 bridgehead atoms. The quantitative estimate of drug-likeness (QED) is 0.282. The minimum Gasteiger partial charge on any atom is -0.495 e. The second-order valence-corrected chi connectivity index (χ2v) is 10.2. The molecule has 0 aliphatic carbocycles. The summed E-state index contributed by atoms with van der Waals surface area (Å²) in [5.74, 6) is 1.45. The lowest BCUT2D eigenvalue weighted by Gasteiger charge is -2.18. The Labute approximate surface area is 187 Å². The van der Waals surface area contributed by atoms with Gasteiger partial charge in [-0.25, -0.2) is 0 Å². The summed E-state index contributed by atoms with van der Waals surface area (Å²) in [7, 11) is 0.0967. The van der Waals surface area contributed by atoms with Crippen LogP contribution in [0, 0.1) is 0 Å².